The maximum Gasteiger partial charge on any atom is 0.313 e. The Bertz CT molecular complexity index is 1130. The fourth-order valence-corrected chi connectivity index (χ4v) is 10.9. The highest BCUT2D eigenvalue weighted by atomic mass is 19.1. The molecule has 0 aromatic carbocycles. The van der Waals surface area contributed by atoms with Gasteiger partial charge in [0, 0.05) is 6.07 Å². The number of carboxylic acids is 1. The highest BCUT2D eigenvalue weighted by Gasteiger charge is 2.55. The van der Waals surface area contributed by atoms with Crippen LogP contribution in [0.5, 0.6) is 5.88 Å². The Hall–Kier alpha value is -2.17. The summed E-state index contributed by atoms with van der Waals surface area (Å²) in [6, 6.07) is 4.45. The molecule has 1 aromatic heterocycles. The predicted octanol–water partition coefficient (Wildman–Crippen LogP) is 7.71. The smallest absolute Gasteiger partial charge is 0.313 e. The van der Waals surface area contributed by atoms with Gasteiger partial charge >= 0.3 is 5.97 Å². The lowest BCUT2D eigenvalue weighted by Crippen LogP contribution is -2.51. The van der Waals surface area contributed by atoms with Crippen molar-refractivity contribution >= 4 is 5.97 Å². The third-order valence-electron chi connectivity index (χ3n) is 12.6. The molecule has 6 aliphatic rings. The Kier molecular flexibility index (Phi) is 6.83. The second-order valence-electron chi connectivity index (χ2n) is 13.9. The van der Waals surface area contributed by atoms with Crippen molar-refractivity contribution in [2.24, 2.45) is 64.6 Å². The Balaban J connectivity index is 1.05. The molecule has 0 spiro atoms. The van der Waals surface area contributed by atoms with Gasteiger partial charge in [-0.15, -0.1) is 0 Å². The number of halogens is 1. The number of carboxylic acid groups (broad SMARTS) is 1. The number of rotatable bonds is 5. The molecule has 1 N–H and O–H groups in total. The second kappa shape index (κ2) is 10.3. The molecule has 0 bridgehead atoms. The van der Waals surface area contributed by atoms with Crippen molar-refractivity contribution in [2.75, 3.05) is 6.61 Å². The van der Waals surface area contributed by atoms with Gasteiger partial charge in [-0.2, -0.15) is 9.37 Å². The zero-order valence-electron chi connectivity index (χ0n) is 23.1. The first-order valence-corrected chi connectivity index (χ1v) is 15.9. The summed E-state index contributed by atoms with van der Waals surface area (Å²) < 4.78 is 19.6. The number of hydrogen-bond acceptors (Lipinski definition) is 3. The lowest BCUT2D eigenvalue weighted by Gasteiger charge is -2.57. The minimum absolute atomic E-state index is 0.0446. The maximum atomic E-state index is 13.7. The van der Waals surface area contributed by atoms with Gasteiger partial charge in [-0.25, -0.2) is 0 Å². The van der Waals surface area contributed by atoms with E-state index in [1.165, 1.54) is 57.4 Å². The van der Waals surface area contributed by atoms with Gasteiger partial charge in [-0.1, -0.05) is 30.4 Å². The Morgan fingerprint density at radius 3 is 2.44 bits per heavy atom. The minimum Gasteiger partial charge on any atom is -0.481 e. The average molecular weight is 534 g/mol. The number of pyridine rings is 1. The molecule has 210 valence electrons. The van der Waals surface area contributed by atoms with Crippen molar-refractivity contribution in [3.63, 3.8) is 0 Å². The fraction of sp³-hybridized carbons (Fsp3) is 0.706. The predicted molar refractivity (Wildman–Crippen MR) is 148 cm³/mol. The van der Waals surface area contributed by atoms with E-state index in [1.54, 1.807) is 12.1 Å². The number of allylic oxidation sites excluding steroid dienone is 4. The summed E-state index contributed by atoms with van der Waals surface area (Å²) in [5.74, 6) is 6.23. The van der Waals surface area contributed by atoms with Gasteiger partial charge in [0.25, 0.3) is 0 Å². The van der Waals surface area contributed by atoms with Crippen molar-refractivity contribution in [1.29, 1.82) is 0 Å². The molecule has 1 aromatic rings. The molecule has 7 rings (SSSR count). The highest BCUT2D eigenvalue weighted by molar-refractivity contribution is 5.76. The molecule has 4 nitrogen and oxygen atoms in total. The normalized spacial score (nSPS) is 44.5. The van der Waals surface area contributed by atoms with Gasteiger partial charge < -0.3 is 9.84 Å². The lowest BCUT2D eigenvalue weighted by atomic mass is 9.48. The topological polar surface area (TPSA) is 59.4 Å². The number of fused-ring (bicyclic) bond motifs is 7. The van der Waals surface area contributed by atoms with Gasteiger partial charge in [-0.3, -0.25) is 4.79 Å². The van der Waals surface area contributed by atoms with Crippen LogP contribution < -0.4 is 4.74 Å². The number of ether oxygens (including phenoxy) is 1. The molecule has 0 amide bonds. The number of nitrogens with zero attached hydrogens (tertiary/aromatic N) is 1. The Morgan fingerprint density at radius 1 is 0.897 bits per heavy atom. The zero-order valence-corrected chi connectivity index (χ0v) is 23.1. The van der Waals surface area contributed by atoms with Crippen molar-refractivity contribution in [3.8, 4) is 5.88 Å². The quantitative estimate of drug-likeness (QED) is 0.311. The standard InChI is InChI=1S/C34H44FNO3/c35-31-8-4-9-32(36-31)39-20-34(33(37)38)18-2-1-7-30(34)23-12-13-25-22(19-23)11-15-29-27(25)17-16-26-24-6-3-5-21(24)10-14-28(26)29/h1,3-5,7-9,21-30H,2,6,10-20H2,(H,37,38). The molecular weight excluding hydrogens is 489 g/mol. The SMILES string of the molecule is O=C(O)C1(COc2cccc(F)n2)CCC=CC1C1CCC2C(CCC3C2CCC2C4CC=CC4CCC23)C1. The van der Waals surface area contributed by atoms with Crippen LogP contribution in [0.15, 0.2) is 42.5 Å². The third kappa shape index (κ3) is 4.47. The van der Waals surface area contributed by atoms with Gasteiger partial charge in [0.2, 0.25) is 11.8 Å². The second-order valence-corrected chi connectivity index (χ2v) is 13.9. The maximum absolute atomic E-state index is 13.7. The molecule has 1 heterocycles. The van der Waals surface area contributed by atoms with Crippen LogP contribution in [0.2, 0.25) is 0 Å². The number of hydrogen-bond donors (Lipinski definition) is 1. The van der Waals surface area contributed by atoms with E-state index in [9.17, 15) is 14.3 Å². The number of aromatic nitrogens is 1. The fourth-order valence-electron chi connectivity index (χ4n) is 10.9. The van der Waals surface area contributed by atoms with E-state index in [0.29, 0.717) is 12.3 Å². The van der Waals surface area contributed by atoms with Crippen LogP contribution >= 0.6 is 0 Å². The highest BCUT2D eigenvalue weighted by Crippen LogP contribution is 2.61. The van der Waals surface area contributed by atoms with Gasteiger partial charge in [0.15, 0.2) is 0 Å². The largest absolute Gasteiger partial charge is 0.481 e. The van der Waals surface area contributed by atoms with E-state index in [1.807, 2.05) is 0 Å². The van der Waals surface area contributed by atoms with Gasteiger partial charge in [0.1, 0.15) is 12.0 Å². The Morgan fingerprint density at radius 2 is 1.62 bits per heavy atom. The van der Waals surface area contributed by atoms with Crippen molar-refractivity contribution in [1.82, 2.24) is 4.98 Å². The summed E-state index contributed by atoms with van der Waals surface area (Å²) in [5, 5.41) is 10.6. The average Bonchev–Trinajstić information content (AvgIpc) is 3.45. The van der Waals surface area contributed by atoms with Crippen LogP contribution in [0.3, 0.4) is 0 Å². The molecule has 0 aliphatic heterocycles. The van der Waals surface area contributed by atoms with E-state index in [0.717, 1.165) is 66.6 Å². The summed E-state index contributed by atoms with van der Waals surface area (Å²) in [6.45, 7) is 0.0448. The number of carbonyl (C=O) groups is 1. The monoisotopic (exact) mass is 533 g/mol. The summed E-state index contributed by atoms with van der Waals surface area (Å²) in [4.78, 5) is 16.7. The first-order chi connectivity index (χ1) is 19.0. The van der Waals surface area contributed by atoms with Crippen LogP contribution in [-0.2, 0) is 4.79 Å². The summed E-state index contributed by atoms with van der Waals surface area (Å²) in [7, 11) is 0. The van der Waals surface area contributed by atoms with Crippen LogP contribution in [0.4, 0.5) is 4.39 Å². The van der Waals surface area contributed by atoms with Crippen LogP contribution in [-0.4, -0.2) is 22.7 Å². The van der Waals surface area contributed by atoms with Crippen molar-refractivity contribution in [3.05, 3.63) is 48.5 Å². The minimum atomic E-state index is -0.983. The summed E-state index contributed by atoms with van der Waals surface area (Å²) in [6.07, 6.45) is 24.0. The van der Waals surface area contributed by atoms with E-state index in [-0.39, 0.29) is 18.4 Å². The molecule has 0 radical (unpaired) electrons. The molecule has 39 heavy (non-hydrogen) atoms. The van der Waals surface area contributed by atoms with Crippen LogP contribution in [0.25, 0.3) is 0 Å². The molecule has 5 heteroatoms. The first kappa shape index (κ1) is 25.8. The Labute approximate surface area is 232 Å². The summed E-state index contributed by atoms with van der Waals surface area (Å²) in [5.41, 5.74) is -0.983. The molecule has 11 unspecified atom stereocenters. The molecular formula is C34H44FNO3. The lowest BCUT2D eigenvalue weighted by molar-refractivity contribution is -0.158. The molecule has 6 aliphatic carbocycles. The van der Waals surface area contributed by atoms with E-state index < -0.39 is 17.3 Å². The summed E-state index contributed by atoms with van der Waals surface area (Å²) >= 11 is 0. The zero-order chi connectivity index (χ0) is 26.6. The molecule has 4 fully saturated rings. The first-order valence-electron chi connectivity index (χ1n) is 15.9. The number of aliphatic carboxylic acids is 1. The van der Waals surface area contributed by atoms with Crippen LogP contribution in [0.1, 0.15) is 77.0 Å². The third-order valence-corrected chi connectivity index (χ3v) is 12.6. The molecule has 4 saturated carbocycles. The molecule has 11 atom stereocenters. The van der Waals surface area contributed by atoms with E-state index in [4.69, 9.17) is 4.74 Å². The van der Waals surface area contributed by atoms with E-state index >= 15 is 0 Å². The van der Waals surface area contributed by atoms with Crippen molar-refractivity contribution < 1.29 is 19.0 Å². The molecule has 0 saturated heterocycles. The van der Waals surface area contributed by atoms with Crippen LogP contribution in [0, 0.1) is 70.5 Å². The van der Waals surface area contributed by atoms with Crippen molar-refractivity contribution in [2.45, 2.75) is 77.0 Å². The van der Waals surface area contributed by atoms with Gasteiger partial charge in [-0.05, 0) is 142 Å². The van der Waals surface area contributed by atoms with E-state index in [2.05, 4.69) is 29.3 Å². The van der Waals surface area contributed by atoms with Gasteiger partial charge in [0.05, 0.1) is 0 Å².